The van der Waals surface area contributed by atoms with E-state index in [0.717, 1.165) is 5.69 Å². The monoisotopic (exact) mass is 314 g/mol. The molecule has 2 N–H and O–H groups in total. The van der Waals surface area contributed by atoms with Crippen molar-refractivity contribution in [3.63, 3.8) is 0 Å². The number of amides is 1. The highest BCUT2D eigenvalue weighted by Gasteiger charge is 2.10. The molecule has 23 heavy (non-hydrogen) atoms. The molecule has 122 valence electrons. The Hall–Kier alpha value is -2.53. The lowest BCUT2D eigenvalue weighted by molar-refractivity contribution is -0.105. The van der Waals surface area contributed by atoms with E-state index in [2.05, 4.69) is 11.4 Å². The molecular weight excluding hydrogens is 292 g/mol. The van der Waals surface area contributed by atoms with Crippen LogP contribution < -0.4 is 15.0 Å². The number of aliphatic hydroxyl groups excluding tert-OH is 1. The topological polar surface area (TPSA) is 61.8 Å². The van der Waals surface area contributed by atoms with Gasteiger partial charge in [-0.25, -0.2) is 0 Å². The molecule has 0 aliphatic carbocycles. The molecule has 2 rings (SSSR count). The Bertz CT molecular complexity index is 646. The van der Waals surface area contributed by atoms with Crippen LogP contribution in [0.2, 0.25) is 0 Å². The Balaban J connectivity index is 1.86. The van der Waals surface area contributed by atoms with Crippen LogP contribution in [0.5, 0.6) is 5.75 Å². The zero-order valence-electron chi connectivity index (χ0n) is 13.4. The molecule has 1 amide bonds. The molecule has 0 aromatic heterocycles. The number of carbonyl (C=O) groups excluding carboxylic acids is 1. The number of nitrogens with one attached hydrogen (secondary N) is 1. The number of rotatable bonds is 8. The lowest BCUT2D eigenvalue weighted by Crippen LogP contribution is -2.33. The van der Waals surface area contributed by atoms with Crippen LogP contribution in [0.1, 0.15) is 5.56 Å². The van der Waals surface area contributed by atoms with E-state index in [1.165, 1.54) is 5.56 Å². The quantitative estimate of drug-likeness (QED) is 0.735. The number of ether oxygens (including phenoxy) is 1. The summed E-state index contributed by atoms with van der Waals surface area (Å²) in [6.07, 6.45) is -0.00620. The van der Waals surface area contributed by atoms with Gasteiger partial charge in [0, 0.05) is 31.0 Å². The van der Waals surface area contributed by atoms with Crippen molar-refractivity contribution in [2.75, 3.05) is 30.4 Å². The summed E-state index contributed by atoms with van der Waals surface area (Å²) in [6.45, 7) is 2.69. The molecule has 0 heterocycles. The number of aliphatic hydroxyl groups is 1. The SMILES string of the molecule is Cc1cccc(N(C)CC(O)COc2cccc(NC=O)c2)c1. The molecule has 0 radical (unpaired) electrons. The Morgan fingerprint density at radius 2 is 2.04 bits per heavy atom. The fourth-order valence-electron chi connectivity index (χ4n) is 2.28. The van der Waals surface area contributed by atoms with E-state index in [0.29, 0.717) is 24.4 Å². The van der Waals surface area contributed by atoms with Crippen LogP contribution in [0, 0.1) is 6.92 Å². The number of anilines is 2. The van der Waals surface area contributed by atoms with E-state index in [4.69, 9.17) is 4.74 Å². The maximum absolute atomic E-state index is 10.4. The molecule has 1 unspecified atom stereocenters. The minimum absolute atomic E-state index is 0.181. The van der Waals surface area contributed by atoms with Gasteiger partial charge in [0.15, 0.2) is 0 Å². The van der Waals surface area contributed by atoms with Gasteiger partial charge in [0.25, 0.3) is 0 Å². The molecule has 2 aromatic rings. The van der Waals surface area contributed by atoms with Crippen LogP contribution in [0.15, 0.2) is 48.5 Å². The molecule has 0 aliphatic rings. The van der Waals surface area contributed by atoms with Gasteiger partial charge >= 0.3 is 0 Å². The average Bonchev–Trinajstić information content (AvgIpc) is 2.54. The molecule has 0 fully saturated rings. The first-order chi connectivity index (χ1) is 11.1. The standard InChI is InChI=1S/C18H22N2O3/c1-14-5-3-7-16(9-14)20(2)11-17(22)12-23-18-8-4-6-15(10-18)19-13-21/h3-10,13,17,22H,11-12H2,1-2H3,(H,19,21). The first-order valence-electron chi connectivity index (χ1n) is 7.47. The maximum atomic E-state index is 10.4. The number of nitrogens with zero attached hydrogens (tertiary/aromatic N) is 1. The van der Waals surface area contributed by atoms with E-state index < -0.39 is 6.10 Å². The third-order valence-electron chi connectivity index (χ3n) is 3.43. The van der Waals surface area contributed by atoms with Crippen molar-refractivity contribution in [2.24, 2.45) is 0 Å². The van der Waals surface area contributed by atoms with Gasteiger partial charge in [0.2, 0.25) is 6.41 Å². The highest BCUT2D eigenvalue weighted by atomic mass is 16.5. The molecule has 5 nitrogen and oxygen atoms in total. The predicted octanol–water partition coefficient (Wildman–Crippen LogP) is 2.44. The van der Waals surface area contributed by atoms with Gasteiger partial charge in [-0.15, -0.1) is 0 Å². The summed E-state index contributed by atoms with van der Waals surface area (Å²) in [7, 11) is 1.94. The Morgan fingerprint density at radius 1 is 1.26 bits per heavy atom. The lowest BCUT2D eigenvalue weighted by atomic mass is 10.2. The van der Waals surface area contributed by atoms with Gasteiger partial charge in [0.05, 0.1) is 0 Å². The fourth-order valence-corrected chi connectivity index (χ4v) is 2.28. The van der Waals surface area contributed by atoms with Crippen LogP contribution in [0.4, 0.5) is 11.4 Å². The number of hydrogen-bond acceptors (Lipinski definition) is 4. The molecule has 0 spiro atoms. The first-order valence-corrected chi connectivity index (χ1v) is 7.47. The molecule has 0 aliphatic heterocycles. The van der Waals surface area contributed by atoms with Gasteiger partial charge in [-0.1, -0.05) is 18.2 Å². The van der Waals surface area contributed by atoms with Crippen LogP contribution in [0.25, 0.3) is 0 Å². The molecular formula is C18H22N2O3. The summed E-state index contributed by atoms with van der Waals surface area (Å²) in [5.41, 5.74) is 2.89. The summed E-state index contributed by atoms with van der Waals surface area (Å²) < 4.78 is 5.58. The van der Waals surface area contributed by atoms with Gasteiger partial charge in [-0.3, -0.25) is 4.79 Å². The second-order valence-corrected chi connectivity index (χ2v) is 5.47. The predicted molar refractivity (Wildman–Crippen MR) is 92.1 cm³/mol. The fraction of sp³-hybridized carbons (Fsp3) is 0.278. The maximum Gasteiger partial charge on any atom is 0.211 e. The van der Waals surface area contributed by atoms with Crippen LogP contribution in [-0.2, 0) is 4.79 Å². The highest BCUT2D eigenvalue weighted by Crippen LogP contribution is 2.18. The number of likely N-dealkylation sites (N-methyl/N-ethyl adjacent to an activating group) is 1. The minimum atomic E-state index is -0.622. The van der Waals surface area contributed by atoms with Gasteiger partial charge in [-0.05, 0) is 36.8 Å². The second-order valence-electron chi connectivity index (χ2n) is 5.47. The van der Waals surface area contributed by atoms with E-state index in [-0.39, 0.29) is 6.61 Å². The van der Waals surface area contributed by atoms with Crippen molar-refractivity contribution in [3.8, 4) is 5.75 Å². The van der Waals surface area contributed by atoms with Gasteiger partial charge in [0.1, 0.15) is 18.5 Å². The summed E-state index contributed by atoms with van der Waals surface area (Å²) in [5.74, 6) is 0.606. The van der Waals surface area contributed by atoms with E-state index in [1.54, 1.807) is 24.3 Å². The minimum Gasteiger partial charge on any atom is -0.491 e. The van der Waals surface area contributed by atoms with Crippen LogP contribution >= 0.6 is 0 Å². The zero-order chi connectivity index (χ0) is 16.7. The molecule has 1 atom stereocenters. The van der Waals surface area contributed by atoms with Crippen molar-refractivity contribution >= 4 is 17.8 Å². The van der Waals surface area contributed by atoms with Crippen molar-refractivity contribution in [1.82, 2.24) is 0 Å². The molecule has 0 saturated carbocycles. The summed E-state index contributed by atoms with van der Waals surface area (Å²) in [4.78, 5) is 12.4. The van der Waals surface area contributed by atoms with Crippen LogP contribution in [-0.4, -0.2) is 37.8 Å². The first kappa shape index (κ1) is 16.8. The lowest BCUT2D eigenvalue weighted by Gasteiger charge is -2.23. The van der Waals surface area contributed by atoms with Crippen molar-refractivity contribution < 1.29 is 14.6 Å². The van der Waals surface area contributed by atoms with Crippen molar-refractivity contribution in [2.45, 2.75) is 13.0 Å². The van der Waals surface area contributed by atoms with Crippen molar-refractivity contribution in [1.29, 1.82) is 0 Å². The molecule has 0 bridgehead atoms. The number of aryl methyl sites for hydroxylation is 1. The third kappa shape index (κ3) is 5.30. The largest absolute Gasteiger partial charge is 0.491 e. The van der Waals surface area contributed by atoms with E-state index >= 15 is 0 Å². The molecule has 2 aromatic carbocycles. The van der Waals surface area contributed by atoms with Crippen molar-refractivity contribution in [3.05, 3.63) is 54.1 Å². The smallest absolute Gasteiger partial charge is 0.211 e. The van der Waals surface area contributed by atoms with Gasteiger partial charge in [-0.2, -0.15) is 0 Å². The van der Waals surface area contributed by atoms with E-state index in [1.807, 2.05) is 37.1 Å². The number of hydrogen-bond donors (Lipinski definition) is 2. The average molecular weight is 314 g/mol. The normalized spacial score (nSPS) is 11.6. The Morgan fingerprint density at radius 3 is 2.78 bits per heavy atom. The summed E-state index contributed by atoms with van der Waals surface area (Å²) in [5, 5.41) is 12.7. The zero-order valence-corrected chi connectivity index (χ0v) is 13.4. The number of carbonyl (C=O) groups is 1. The summed E-state index contributed by atoms with van der Waals surface area (Å²) in [6, 6.07) is 15.2. The summed E-state index contributed by atoms with van der Waals surface area (Å²) >= 11 is 0. The second kappa shape index (κ2) is 8.19. The van der Waals surface area contributed by atoms with Crippen LogP contribution in [0.3, 0.4) is 0 Å². The Kier molecular flexibility index (Phi) is 6.00. The van der Waals surface area contributed by atoms with Gasteiger partial charge < -0.3 is 20.1 Å². The third-order valence-corrected chi connectivity index (χ3v) is 3.43. The Labute approximate surface area is 136 Å². The molecule has 5 heteroatoms. The van der Waals surface area contributed by atoms with E-state index in [9.17, 15) is 9.90 Å². The number of benzene rings is 2. The highest BCUT2D eigenvalue weighted by molar-refractivity contribution is 5.71. The molecule has 0 saturated heterocycles.